The average Bonchev–Trinajstić information content (AvgIpc) is 3.77. The highest BCUT2D eigenvalue weighted by Gasteiger charge is 2.30. The van der Waals surface area contributed by atoms with Gasteiger partial charge in [-0.25, -0.2) is 0 Å². The monoisotopic (exact) mass is 944 g/mol. The Morgan fingerprint density at radius 2 is 0.567 bits per heavy atom. The number of unbranched alkanes of at least 4 members (excludes halogenated alkanes) is 36. The number of carbonyl (C=O) groups excluding carboxylic acids is 2. The van der Waals surface area contributed by atoms with Crippen LogP contribution in [0, 0.1) is 0 Å². The minimum atomic E-state index is -0.170. The summed E-state index contributed by atoms with van der Waals surface area (Å²) in [5, 5.41) is 10.9. The lowest BCUT2D eigenvalue weighted by molar-refractivity contribution is -0.132. The van der Waals surface area contributed by atoms with E-state index in [4.69, 9.17) is 0 Å². The van der Waals surface area contributed by atoms with Crippen LogP contribution in [0.1, 0.15) is 329 Å². The maximum Gasteiger partial charge on any atom is 0.222 e. The smallest absolute Gasteiger partial charge is 0.222 e. The molecule has 6 nitrogen and oxygen atoms in total. The summed E-state index contributed by atoms with van der Waals surface area (Å²) >= 11 is 0. The van der Waals surface area contributed by atoms with E-state index in [0.717, 1.165) is 97.1 Å². The molecule has 0 bridgehead atoms. The highest BCUT2D eigenvalue weighted by atomic mass is 16.3. The average molecular weight is 945 g/mol. The number of hydrogen-bond acceptors (Lipinski definition) is 4. The Bertz CT molecular complexity index is 929. The van der Waals surface area contributed by atoms with Gasteiger partial charge in [-0.15, -0.1) is 0 Å². The number of carbonyl (C=O) groups is 2. The first kappa shape index (κ1) is 63.9. The summed E-state index contributed by atoms with van der Waals surface area (Å²) in [7, 11) is 0. The number of aliphatic hydroxyl groups excluding tert-OH is 1. The van der Waals surface area contributed by atoms with Crippen LogP contribution >= 0.6 is 0 Å². The van der Waals surface area contributed by atoms with Crippen molar-refractivity contribution in [2.24, 2.45) is 0 Å². The molecule has 1 saturated carbocycles. The standard InChI is InChI=1S/C61H121N3O3/c1-5-9-13-17-21-25-33-43-54-63(55-44-34-26-22-18-14-10-6-2)60(66)50-39-31-29-37-41-52-62(58-48-47-49-59(58)65)53-42-38-30-32-40-51-61(67)64(56-45-35-27-23-19-15-11-7-3)57-46-36-28-24-20-16-12-8-4/h58-59,65H,5-57H2,1-4H3/t58?,59-/m0/s1. The zero-order valence-corrected chi connectivity index (χ0v) is 46.2. The second-order valence-corrected chi connectivity index (χ2v) is 21.8. The van der Waals surface area contributed by atoms with Crippen LogP contribution in [0.25, 0.3) is 0 Å². The van der Waals surface area contributed by atoms with Gasteiger partial charge in [-0.1, -0.05) is 246 Å². The predicted molar refractivity (Wildman–Crippen MR) is 294 cm³/mol. The van der Waals surface area contributed by atoms with Crippen LogP contribution in [0.4, 0.5) is 0 Å². The van der Waals surface area contributed by atoms with Crippen LogP contribution < -0.4 is 0 Å². The second-order valence-electron chi connectivity index (χ2n) is 21.8. The first-order valence-electron chi connectivity index (χ1n) is 31.0. The molecule has 1 unspecified atom stereocenters. The van der Waals surface area contributed by atoms with Gasteiger partial charge in [-0.05, 0) is 83.7 Å². The van der Waals surface area contributed by atoms with Gasteiger partial charge < -0.3 is 14.9 Å². The topological polar surface area (TPSA) is 64.1 Å². The number of rotatable bonds is 53. The van der Waals surface area contributed by atoms with Crippen LogP contribution in [0.5, 0.6) is 0 Å². The molecule has 1 aliphatic carbocycles. The van der Waals surface area contributed by atoms with E-state index in [1.54, 1.807) is 0 Å². The summed E-state index contributed by atoms with van der Waals surface area (Å²) in [4.78, 5) is 34.0. The van der Waals surface area contributed by atoms with E-state index in [2.05, 4.69) is 42.4 Å². The third-order valence-corrected chi connectivity index (χ3v) is 15.4. The van der Waals surface area contributed by atoms with Crippen LogP contribution in [0.15, 0.2) is 0 Å². The van der Waals surface area contributed by atoms with Crippen molar-refractivity contribution in [2.75, 3.05) is 39.3 Å². The fourth-order valence-electron chi connectivity index (χ4n) is 10.8. The molecule has 0 aromatic rings. The van der Waals surface area contributed by atoms with E-state index < -0.39 is 0 Å². The van der Waals surface area contributed by atoms with Gasteiger partial charge in [-0.2, -0.15) is 0 Å². The molecule has 1 aliphatic rings. The Balaban J connectivity index is 2.41. The van der Waals surface area contributed by atoms with Crippen LogP contribution in [-0.2, 0) is 9.59 Å². The Kier molecular flexibility index (Phi) is 47.5. The van der Waals surface area contributed by atoms with E-state index in [1.165, 1.54) is 244 Å². The fraction of sp³-hybridized carbons (Fsp3) is 0.967. The van der Waals surface area contributed by atoms with Crippen molar-refractivity contribution in [1.29, 1.82) is 0 Å². The normalized spacial score (nSPS) is 15.0. The summed E-state index contributed by atoms with van der Waals surface area (Å²) in [6, 6.07) is 0.330. The molecule has 0 heterocycles. The largest absolute Gasteiger partial charge is 0.391 e. The van der Waals surface area contributed by atoms with Crippen LogP contribution in [0.2, 0.25) is 0 Å². The lowest BCUT2D eigenvalue weighted by Gasteiger charge is -2.31. The van der Waals surface area contributed by atoms with Crippen LogP contribution in [-0.4, -0.2) is 83.0 Å². The summed E-state index contributed by atoms with van der Waals surface area (Å²) in [6.45, 7) is 15.2. The van der Waals surface area contributed by atoms with E-state index in [0.29, 0.717) is 17.9 Å². The molecule has 2 amide bonds. The molecular weight excluding hydrogens is 823 g/mol. The van der Waals surface area contributed by atoms with Crippen molar-refractivity contribution in [3.63, 3.8) is 0 Å². The van der Waals surface area contributed by atoms with Gasteiger partial charge in [0.2, 0.25) is 11.8 Å². The fourth-order valence-corrected chi connectivity index (χ4v) is 10.8. The lowest BCUT2D eigenvalue weighted by atomic mass is 10.1. The maximum atomic E-state index is 13.5. The Labute approximate surface area is 420 Å². The first-order valence-corrected chi connectivity index (χ1v) is 31.0. The first-order chi connectivity index (χ1) is 33.0. The second kappa shape index (κ2) is 49.8. The Morgan fingerprint density at radius 3 is 0.821 bits per heavy atom. The third kappa shape index (κ3) is 39.2. The molecule has 1 fully saturated rings. The van der Waals surface area contributed by atoms with Crippen molar-refractivity contribution < 1.29 is 14.7 Å². The zero-order chi connectivity index (χ0) is 48.5. The number of amides is 2. The molecule has 0 aliphatic heterocycles. The van der Waals surface area contributed by atoms with Crippen molar-refractivity contribution in [2.45, 2.75) is 342 Å². The highest BCUT2D eigenvalue weighted by Crippen LogP contribution is 2.26. The van der Waals surface area contributed by atoms with Crippen molar-refractivity contribution >= 4 is 11.8 Å². The molecule has 0 aromatic heterocycles. The molecule has 0 spiro atoms. The van der Waals surface area contributed by atoms with Gasteiger partial charge in [-0.3, -0.25) is 14.5 Å². The molecule has 67 heavy (non-hydrogen) atoms. The zero-order valence-electron chi connectivity index (χ0n) is 46.2. The van der Waals surface area contributed by atoms with E-state index in [1.807, 2.05) is 0 Å². The van der Waals surface area contributed by atoms with Gasteiger partial charge in [0.15, 0.2) is 0 Å². The Hall–Kier alpha value is -1.14. The Morgan fingerprint density at radius 1 is 0.328 bits per heavy atom. The summed E-state index contributed by atoms with van der Waals surface area (Å²) in [6.07, 6.45) is 58.3. The molecule has 0 aromatic carbocycles. The van der Waals surface area contributed by atoms with Gasteiger partial charge in [0.05, 0.1) is 6.10 Å². The molecule has 1 N–H and O–H groups in total. The minimum absolute atomic E-state index is 0.170. The molecule has 1 rings (SSSR count). The molecule has 398 valence electrons. The van der Waals surface area contributed by atoms with E-state index >= 15 is 0 Å². The maximum absolute atomic E-state index is 13.5. The highest BCUT2D eigenvalue weighted by molar-refractivity contribution is 5.76. The summed E-state index contributed by atoms with van der Waals surface area (Å²) in [5.41, 5.74) is 0. The van der Waals surface area contributed by atoms with Gasteiger partial charge in [0, 0.05) is 45.1 Å². The molecule has 0 radical (unpaired) electrons. The quantitative estimate of drug-likeness (QED) is 0.0617. The minimum Gasteiger partial charge on any atom is -0.391 e. The molecule has 2 atom stereocenters. The van der Waals surface area contributed by atoms with Crippen molar-refractivity contribution in [1.82, 2.24) is 14.7 Å². The van der Waals surface area contributed by atoms with Crippen LogP contribution in [0.3, 0.4) is 0 Å². The summed E-state index contributed by atoms with van der Waals surface area (Å²) < 4.78 is 0. The van der Waals surface area contributed by atoms with Gasteiger partial charge in [0.25, 0.3) is 0 Å². The van der Waals surface area contributed by atoms with Gasteiger partial charge in [0.1, 0.15) is 0 Å². The van der Waals surface area contributed by atoms with E-state index in [-0.39, 0.29) is 6.10 Å². The van der Waals surface area contributed by atoms with E-state index in [9.17, 15) is 14.7 Å². The molecular formula is C61H121N3O3. The molecule has 6 heteroatoms. The number of aliphatic hydroxyl groups is 1. The summed E-state index contributed by atoms with van der Waals surface area (Å²) in [5.74, 6) is 0.813. The van der Waals surface area contributed by atoms with Crippen molar-refractivity contribution in [3.05, 3.63) is 0 Å². The molecule has 0 saturated heterocycles. The SMILES string of the molecule is CCCCCCCCCCN(CCCCCCCCCC)C(=O)CCCCCCCN(CCCCCCCC(=O)N(CCCCCCCCCC)CCCCCCCCCC)C1CCC[C@@H]1O. The lowest BCUT2D eigenvalue weighted by Crippen LogP contribution is -2.41. The predicted octanol–water partition coefficient (Wildman–Crippen LogP) is 18.1. The number of hydrogen-bond donors (Lipinski definition) is 1. The van der Waals surface area contributed by atoms with Crippen molar-refractivity contribution in [3.8, 4) is 0 Å². The third-order valence-electron chi connectivity index (χ3n) is 15.4. The van der Waals surface area contributed by atoms with Gasteiger partial charge >= 0.3 is 0 Å². The number of nitrogens with zero attached hydrogens (tertiary/aromatic N) is 3.